The molecule has 0 bridgehead atoms. The zero-order chi connectivity index (χ0) is 15.8. The van der Waals surface area contributed by atoms with Crippen LogP contribution in [0.2, 0.25) is 0 Å². The van der Waals surface area contributed by atoms with Gasteiger partial charge in [0.2, 0.25) is 12.5 Å². The molecular weight excluding hydrogens is 420 g/mol. The van der Waals surface area contributed by atoms with E-state index in [-0.39, 0.29) is 36.6 Å². The molecule has 0 radical (unpaired) electrons. The first-order chi connectivity index (χ1) is 11.2. The summed E-state index contributed by atoms with van der Waals surface area (Å²) < 4.78 is 26.0. The molecule has 0 amide bonds. The molecular formula is C19H15FINO2. The molecule has 1 aliphatic heterocycles. The summed E-state index contributed by atoms with van der Waals surface area (Å²) in [4.78, 5) is 0. The molecule has 4 rings (SSSR count). The van der Waals surface area contributed by atoms with E-state index in [0.717, 1.165) is 33.5 Å². The van der Waals surface area contributed by atoms with Crippen LogP contribution in [-0.4, -0.2) is 6.79 Å². The van der Waals surface area contributed by atoms with Gasteiger partial charge in [0.25, 0.3) is 0 Å². The maximum absolute atomic E-state index is 13.0. The Labute approximate surface area is 156 Å². The van der Waals surface area contributed by atoms with E-state index in [1.54, 1.807) is 12.1 Å². The van der Waals surface area contributed by atoms with Crippen molar-refractivity contribution in [2.24, 2.45) is 7.05 Å². The Bertz CT molecular complexity index is 923. The number of fused-ring (bicyclic) bond motifs is 2. The van der Waals surface area contributed by atoms with E-state index in [4.69, 9.17) is 9.47 Å². The lowest BCUT2D eigenvalue weighted by Crippen LogP contribution is -3.00. The number of nitrogens with zero attached hydrogens (tertiary/aromatic N) is 1. The van der Waals surface area contributed by atoms with Gasteiger partial charge < -0.3 is 33.5 Å². The number of benzene rings is 2. The molecule has 0 atom stereocenters. The number of hydrogen-bond acceptors (Lipinski definition) is 2. The summed E-state index contributed by atoms with van der Waals surface area (Å²) >= 11 is 0. The molecule has 3 aromatic rings. The maximum atomic E-state index is 13.0. The zero-order valence-electron chi connectivity index (χ0n) is 13.0. The van der Waals surface area contributed by atoms with Crippen LogP contribution in [0.3, 0.4) is 0 Å². The summed E-state index contributed by atoms with van der Waals surface area (Å²) in [7, 11) is 1.99. The fourth-order valence-corrected chi connectivity index (χ4v) is 2.74. The predicted molar refractivity (Wildman–Crippen MR) is 86.6 cm³/mol. The second kappa shape index (κ2) is 6.76. The predicted octanol–water partition coefficient (Wildman–Crippen LogP) is 0.707. The van der Waals surface area contributed by atoms with Crippen molar-refractivity contribution >= 4 is 22.9 Å². The topological polar surface area (TPSA) is 22.3 Å². The lowest BCUT2D eigenvalue weighted by Gasteiger charge is -2.03. The number of aryl methyl sites for hydroxylation is 1. The summed E-state index contributed by atoms with van der Waals surface area (Å²) in [5.41, 5.74) is 1.99. The molecule has 0 saturated carbocycles. The van der Waals surface area contributed by atoms with E-state index >= 15 is 0 Å². The molecule has 1 aliphatic rings. The summed E-state index contributed by atoms with van der Waals surface area (Å²) in [5.74, 6) is 1.31. The van der Waals surface area contributed by atoms with Gasteiger partial charge in [-0.15, -0.1) is 0 Å². The minimum absolute atomic E-state index is 0. The standard InChI is InChI=1S/C19H15FNO2.HI/c1-21-9-8-14-10-18-19(23-12-22-18)11-16(14)17(21)7-4-13-2-5-15(20)6-3-13;/h2-11H,12H2,1H3;1H/q+1;/p-1/b7-4+;. The van der Waals surface area contributed by atoms with Crippen LogP contribution in [-0.2, 0) is 7.05 Å². The van der Waals surface area contributed by atoms with Crippen LogP contribution in [0.25, 0.3) is 22.9 Å². The van der Waals surface area contributed by atoms with Crippen LogP contribution >= 0.6 is 0 Å². The normalized spacial score (nSPS) is 12.6. The molecule has 0 aliphatic carbocycles. The van der Waals surface area contributed by atoms with Gasteiger partial charge in [0, 0.05) is 12.1 Å². The molecule has 0 N–H and O–H groups in total. The number of pyridine rings is 1. The molecule has 0 spiro atoms. The SMILES string of the molecule is C[n+]1ccc2cc3c(cc2c1/C=C/c1ccc(F)cc1)OCO3.[I-]. The number of rotatable bonds is 2. The van der Waals surface area contributed by atoms with Crippen molar-refractivity contribution in [2.45, 2.75) is 0 Å². The van der Waals surface area contributed by atoms with Crippen molar-refractivity contribution in [3.8, 4) is 11.5 Å². The van der Waals surface area contributed by atoms with Crippen molar-refractivity contribution in [3.63, 3.8) is 0 Å². The number of ether oxygens (including phenoxy) is 2. The second-order valence-electron chi connectivity index (χ2n) is 5.49. The van der Waals surface area contributed by atoms with Gasteiger partial charge in [-0.25, -0.2) is 8.96 Å². The highest BCUT2D eigenvalue weighted by atomic mass is 127. The third kappa shape index (κ3) is 3.08. The monoisotopic (exact) mass is 435 g/mol. The molecule has 1 aromatic heterocycles. The van der Waals surface area contributed by atoms with Crippen molar-refractivity contribution in [1.29, 1.82) is 0 Å². The molecule has 24 heavy (non-hydrogen) atoms. The van der Waals surface area contributed by atoms with Gasteiger partial charge in [-0.3, -0.25) is 0 Å². The molecule has 3 nitrogen and oxygen atoms in total. The highest BCUT2D eigenvalue weighted by Crippen LogP contribution is 2.36. The Morgan fingerprint density at radius 3 is 2.46 bits per heavy atom. The van der Waals surface area contributed by atoms with E-state index in [2.05, 4.69) is 0 Å². The van der Waals surface area contributed by atoms with Gasteiger partial charge in [-0.2, -0.15) is 0 Å². The molecule has 2 aromatic carbocycles. The Kier molecular flexibility index (Phi) is 4.71. The number of aromatic nitrogens is 1. The van der Waals surface area contributed by atoms with Crippen molar-refractivity contribution < 1.29 is 42.4 Å². The molecule has 2 heterocycles. The zero-order valence-corrected chi connectivity index (χ0v) is 15.2. The fraction of sp³-hybridized carbons (Fsp3) is 0.105. The first kappa shape index (κ1) is 16.7. The summed E-state index contributed by atoms with van der Waals surface area (Å²) in [6.07, 6.45) is 6.01. The minimum Gasteiger partial charge on any atom is -1.00 e. The first-order valence-electron chi connectivity index (χ1n) is 7.36. The average molecular weight is 435 g/mol. The highest BCUT2D eigenvalue weighted by molar-refractivity contribution is 5.92. The lowest BCUT2D eigenvalue weighted by atomic mass is 10.1. The van der Waals surface area contributed by atoms with Gasteiger partial charge >= 0.3 is 0 Å². The van der Waals surface area contributed by atoms with Gasteiger partial charge in [0.05, 0.1) is 5.39 Å². The molecule has 122 valence electrons. The molecule has 0 saturated heterocycles. The van der Waals surface area contributed by atoms with Gasteiger partial charge in [0.15, 0.2) is 17.7 Å². The van der Waals surface area contributed by atoms with Gasteiger partial charge in [0.1, 0.15) is 12.9 Å². The van der Waals surface area contributed by atoms with Crippen LogP contribution in [0, 0.1) is 5.82 Å². The largest absolute Gasteiger partial charge is 1.00 e. The number of hydrogen-bond donors (Lipinski definition) is 0. The third-order valence-electron chi connectivity index (χ3n) is 3.98. The first-order valence-corrected chi connectivity index (χ1v) is 7.36. The molecule has 0 fully saturated rings. The molecule has 5 heteroatoms. The van der Waals surface area contributed by atoms with Crippen LogP contribution < -0.4 is 38.0 Å². The van der Waals surface area contributed by atoms with Crippen molar-refractivity contribution in [1.82, 2.24) is 0 Å². The maximum Gasteiger partial charge on any atom is 0.231 e. The minimum atomic E-state index is -0.231. The van der Waals surface area contributed by atoms with E-state index < -0.39 is 0 Å². The Morgan fingerprint density at radius 1 is 1.00 bits per heavy atom. The quantitative estimate of drug-likeness (QED) is 0.437. The van der Waals surface area contributed by atoms with Gasteiger partial charge in [-0.05, 0) is 41.3 Å². The lowest BCUT2D eigenvalue weighted by molar-refractivity contribution is -0.671. The Balaban J connectivity index is 0.00000169. The van der Waals surface area contributed by atoms with Gasteiger partial charge in [-0.1, -0.05) is 12.1 Å². The summed E-state index contributed by atoms with van der Waals surface area (Å²) in [6.45, 7) is 0.262. The van der Waals surface area contributed by atoms with E-state index in [9.17, 15) is 4.39 Å². The van der Waals surface area contributed by atoms with E-state index in [1.165, 1.54) is 12.1 Å². The second-order valence-corrected chi connectivity index (χ2v) is 5.49. The van der Waals surface area contributed by atoms with Crippen LogP contribution in [0.1, 0.15) is 11.3 Å². The molecule has 0 unspecified atom stereocenters. The summed E-state index contributed by atoms with van der Waals surface area (Å²) in [5, 5.41) is 2.17. The summed E-state index contributed by atoms with van der Waals surface area (Å²) in [6, 6.07) is 12.5. The van der Waals surface area contributed by atoms with E-state index in [1.807, 2.05) is 48.2 Å². The Morgan fingerprint density at radius 2 is 1.71 bits per heavy atom. The van der Waals surface area contributed by atoms with E-state index in [0.29, 0.717) is 0 Å². The Hall–Kier alpha value is -2.15. The van der Waals surface area contributed by atoms with Crippen LogP contribution in [0.5, 0.6) is 11.5 Å². The van der Waals surface area contributed by atoms with Crippen molar-refractivity contribution in [3.05, 3.63) is 65.7 Å². The number of halogens is 2. The highest BCUT2D eigenvalue weighted by Gasteiger charge is 2.18. The van der Waals surface area contributed by atoms with Crippen molar-refractivity contribution in [2.75, 3.05) is 6.79 Å². The third-order valence-corrected chi connectivity index (χ3v) is 3.98. The fourth-order valence-electron chi connectivity index (χ4n) is 2.74. The smallest absolute Gasteiger partial charge is 0.231 e. The average Bonchev–Trinajstić information content (AvgIpc) is 3.01. The van der Waals surface area contributed by atoms with Crippen LogP contribution in [0.15, 0.2) is 48.7 Å². The van der Waals surface area contributed by atoms with Crippen LogP contribution in [0.4, 0.5) is 4.39 Å².